The van der Waals surface area contributed by atoms with Gasteiger partial charge in [-0.15, -0.1) is 0 Å². The van der Waals surface area contributed by atoms with Gasteiger partial charge in [0.15, 0.2) is 0 Å². The Kier molecular flexibility index (Phi) is 14.7. The summed E-state index contributed by atoms with van der Waals surface area (Å²) in [5.41, 5.74) is 9.55. The molecule has 1 unspecified atom stereocenters. The second-order valence-corrected chi connectivity index (χ2v) is 16.0. The maximum atomic E-state index is 12.1. The van der Waals surface area contributed by atoms with E-state index in [1.54, 1.807) is 24.4 Å². The van der Waals surface area contributed by atoms with Crippen LogP contribution in [0.4, 0.5) is 0 Å². The molecule has 0 spiro atoms. The summed E-state index contributed by atoms with van der Waals surface area (Å²) in [5.74, 6) is -1.02. The van der Waals surface area contributed by atoms with Gasteiger partial charge in [0.2, 0.25) is 5.91 Å². The molecule has 1 aromatic heterocycles. The van der Waals surface area contributed by atoms with Crippen molar-refractivity contribution >= 4 is 41.0 Å². The van der Waals surface area contributed by atoms with Gasteiger partial charge in [-0.1, -0.05) is 60.0 Å². The first-order chi connectivity index (χ1) is 28.4. The van der Waals surface area contributed by atoms with E-state index in [-0.39, 0.29) is 25.4 Å². The number of nitrogens with two attached hydrogens (primary N) is 1. The fourth-order valence-corrected chi connectivity index (χ4v) is 8.24. The highest BCUT2D eigenvalue weighted by atomic mass is 35.5. The molecule has 59 heavy (non-hydrogen) atoms. The number of aliphatic carboxylic acids is 2. The van der Waals surface area contributed by atoms with E-state index >= 15 is 0 Å². The Morgan fingerprint density at radius 1 is 0.881 bits per heavy atom. The van der Waals surface area contributed by atoms with Crippen LogP contribution in [0.15, 0.2) is 67.0 Å². The maximum Gasteiger partial charge on any atom is 0.320 e. The van der Waals surface area contributed by atoms with Crippen molar-refractivity contribution in [3.8, 4) is 28.4 Å². The Morgan fingerprint density at radius 3 is 2.36 bits per heavy atom. The number of hydrogen-bond acceptors (Lipinski definition) is 10. The monoisotopic (exact) mass is 848 g/mol. The lowest BCUT2D eigenvalue weighted by Gasteiger charge is -2.37. The molecule has 2 saturated heterocycles. The molecule has 0 aliphatic carbocycles. The number of nitrogens with zero attached hydrogens (tertiary/aromatic N) is 3. The van der Waals surface area contributed by atoms with Crippen LogP contribution in [0.3, 0.4) is 0 Å². The predicted octanol–water partition coefficient (Wildman–Crippen LogP) is 6.99. The number of benzene rings is 3. The lowest BCUT2D eigenvalue weighted by molar-refractivity contribution is -0.155. The molecular weight excluding hydrogens is 799 g/mol. The van der Waals surface area contributed by atoms with Crippen LogP contribution in [0.1, 0.15) is 71.1 Å². The number of aliphatic hydroxyl groups is 1. The first-order valence-corrected chi connectivity index (χ1v) is 20.5. The normalized spacial score (nSPS) is 17.0. The summed E-state index contributed by atoms with van der Waals surface area (Å²) in [6, 6.07) is 16.0. The van der Waals surface area contributed by atoms with Gasteiger partial charge in [-0.25, -0.2) is 0 Å². The summed E-state index contributed by atoms with van der Waals surface area (Å²) in [6.45, 7) is 5.19. The Balaban J connectivity index is 1.14. The molecular formula is C44H50Cl2N4O9. The third kappa shape index (κ3) is 10.6. The van der Waals surface area contributed by atoms with Gasteiger partial charge in [-0.2, -0.15) is 0 Å². The van der Waals surface area contributed by atoms with Crippen LogP contribution in [-0.2, 0) is 29.3 Å². The largest absolute Gasteiger partial charge is 0.492 e. The van der Waals surface area contributed by atoms with Gasteiger partial charge in [-0.3, -0.25) is 24.3 Å². The zero-order valence-corrected chi connectivity index (χ0v) is 34.5. The standard InChI is InChI=1S/C44H50Cl2N4O9/c1-28-30(7-4-8-33(28)34-9-5-11-37(40(34)46)57-18-6-14-49-16-12-44(27-51,13-17-49)43(55)56)26-59-39-21-38(58-25-29-19-31(41(47)52)23-48-22-29)32(20-35(39)45)24-50-15-3-2-10-36(50)42(53)54/h4-5,7-9,11,19-23,36,51H,2-3,6,10,12-18,24-27H2,1H3,(H2,47,52)(H,53,54)(H,55,56). The van der Waals surface area contributed by atoms with E-state index in [0.29, 0.717) is 90.5 Å². The number of piperidine rings is 2. The van der Waals surface area contributed by atoms with Gasteiger partial charge in [-0.05, 0) is 93.6 Å². The van der Waals surface area contributed by atoms with Crippen molar-refractivity contribution in [1.29, 1.82) is 0 Å². The molecule has 4 aromatic rings. The van der Waals surface area contributed by atoms with E-state index in [2.05, 4.69) is 9.88 Å². The summed E-state index contributed by atoms with van der Waals surface area (Å²) in [6.07, 6.45) is 6.80. The van der Waals surface area contributed by atoms with Crippen LogP contribution < -0.4 is 19.9 Å². The summed E-state index contributed by atoms with van der Waals surface area (Å²) >= 11 is 13.8. The van der Waals surface area contributed by atoms with Gasteiger partial charge >= 0.3 is 11.9 Å². The predicted molar refractivity (Wildman–Crippen MR) is 223 cm³/mol. The van der Waals surface area contributed by atoms with Crippen molar-refractivity contribution < 1.29 is 43.9 Å². The molecule has 3 aromatic carbocycles. The van der Waals surface area contributed by atoms with Crippen LogP contribution in [0.5, 0.6) is 17.2 Å². The van der Waals surface area contributed by atoms with Gasteiger partial charge in [0, 0.05) is 48.2 Å². The molecule has 13 nitrogen and oxygen atoms in total. The number of likely N-dealkylation sites (tertiary alicyclic amines) is 2. The zero-order chi connectivity index (χ0) is 42.1. The summed E-state index contributed by atoms with van der Waals surface area (Å²) in [4.78, 5) is 43.8. The number of halogens is 2. The number of carboxylic acid groups (broad SMARTS) is 2. The lowest BCUT2D eigenvalue weighted by Crippen LogP contribution is -2.46. The van der Waals surface area contributed by atoms with Crippen LogP contribution in [0.25, 0.3) is 11.1 Å². The van der Waals surface area contributed by atoms with E-state index in [4.69, 9.17) is 43.1 Å². The molecule has 3 heterocycles. The number of carbonyl (C=O) groups excluding carboxylic acids is 1. The topological polar surface area (TPSA) is 185 Å². The molecule has 0 radical (unpaired) electrons. The molecule has 6 rings (SSSR count). The quantitative estimate of drug-likeness (QED) is 0.0754. The van der Waals surface area contributed by atoms with Crippen molar-refractivity contribution in [2.75, 3.05) is 39.4 Å². The Bertz CT molecular complexity index is 2140. The maximum absolute atomic E-state index is 12.1. The van der Waals surface area contributed by atoms with E-state index in [1.807, 2.05) is 48.2 Å². The molecule has 0 bridgehead atoms. The van der Waals surface area contributed by atoms with Crippen molar-refractivity contribution in [2.24, 2.45) is 11.1 Å². The van der Waals surface area contributed by atoms with Gasteiger partial charge < -0.3 is 40.2 Å². The second-order valence-electron chi connectivity index (χ2n) is 15.2. The summed E-state index contributed by atoms with van der Waals surface area (Å²) in [5, 5.41) is 30.0. The van der Waals surface area contributed by atoms with Crippen molar-refractivity contribution in [2.45, 2.75) is 71.2 Å². The first kappa shape index (κ1) is 43.7. The number of aliphatic hydroxyl groups excluding tert-OH is 1. The van der Waals surface area contributed by atoms with Crippen molar-refractivity contribution in [3.05, 3.63) is 105 Å². The Morgan fingerprint density at radius 2 is 1.63 bits per heavy atom. The molecule has 1 amide bonds. The number of ether oxygens (including phenoxy) is 3. The van der Waals surface area contributed by atoms with E-state index in [1.165, 1.54) is 6.20 Å². The minimum absolute atomic E-state index is 0.0638. The molecule has 1 atom stereocenters. The van der Waals surface area contributed by atoms with E-state index in [0.717, 1.165) is 48.1 Å². The van der Waals surface area contributed by atoms with Crippen LogP contribution in [0, 0.1) is 12.3 Å². The number of rotatable bonds is 18. The highest BCUT2D eigenvalue weighted by Gasteiger charge is 2.41. The molecule has 2 aliphatic heterocycles. The molecule has 15 heteroatoms. The number of pyridine rings is 1. The summed E-state index contributed by atoms with van der Waals surface area (Å²) < 4.78 is 18.8. The fourth-order valence-electron chi connectivity index (χ4n) is 7.72. The molecule has 2 fully saturated rings. The van der Waals surface area contributed by atoms with Crippen LogP contribution in [0.2, 0.25) is 10.0 Å². The smallest absolute Gasteiger partial charge is 0.320 e. The number of carbonyl (C=O) groups is 3. The number of amides is 1. The third-order valence-electron chi connectivity index (χ3n) is 11.4. The highest BCUT2D eigenvalue weighted by Crippen LogP contribution is 2.39. The molecule has 5 N–H and O–H groups in total. The SMILES string of the molecule is Cc1c(COc2cc(OCc3cncc(C(N)=O)c3)c(CN3CCCCC3C(=O)O)cc2Cl)cccc1-c1cccc(OCCCN2CCC(CO)(C(=O)O)CC2)c1Cl. The van der Waals surface area contributed by atoms with Crippen LogP contribution >= 0.6 is 23.2 Å². The average molecular weight is 850 g/mol. The summed E-state index contributed by atoms with van der Waals surface area (Å²) in [7, 11) is 0. The van der Waals surface area contributed by atoms with Gasteiger partial charge in [0.25, 0.3) is 0 Å². The first-order valence-electron chi connectivity index (χ1n) is 19.7. The van der Waals surface area contributed by atoms with Crippen LogP contribution in [-0.4, -0.2) is 93.4 Å². The third-order valence-corrected chi connectivity index (χ3v) is 12.1. The lowest BCUT2D eigenvalue weighted by atomic mass is 9.79. The van der Waals surface area contributed by atoms with E-state index < -0.39 is 29.3 Å². The Labute approximate surface area is 353 Å². The zero-order valence-electron chi connectivity index (χ0n) is 33.0. The van der Waals surface area contributed by atoms with Gasteiger partial charge in [0.05, 0.1) is 34.2 Å². The van der Waals surface area contributed by atoms with Crippen molar-refractivity contribution in [3.63, 3.8) is 0 Å². The molecule has 0 saturated carbocycles. The number of hydrogen-bond donors (Lipinski definition) is 4. The highest BCUT2D eigenvalue weighted by molar-refractivity contribution is 6.35. The number of primary amides is 1. The Hall–Kier alpha value is -4.92. The van der Waals surface area contributed by atoms with E-state index in [9.17, 15) is 29.7 Å². The minimum Gasteiger partial charge on any atom is -0.492 e. The fraction of sp³-hybridized carbons (Fsp3) is 0.409. The molecule has 2 aliphatic rings. The molecule has 314 valence electrons. The number of aromatic nitrogens is 1. The van der Waals surface area contributed by atoms with Crippen molar-refractivity contribution in [1.82, 2.24) is 14.8 Å². The second kappa shape index (κ2) is 19.9. The number of carboxylic acids is 2. The van der Waals surface area contributed by atoms with Gasteiger partial charge in [0.1, 0.15) is 36.5 Å². The minimum atomic E-state index is -1.05. The average Bonchev–Trinajstić information content (AvgIpc) is 3.23.